The molecule has 2 nitrogen and oxygen atoms in total. The van der Waals surface area contributed by atoms with Gasteiger partial charge in [-0.1, -0.05) is 6.92 Å². The molecular weight excluding hydrogens is 152 g/mol. The molecule has 0 bridgehead atoms. The van der Waals surface area contributed by atoms with Crippen LogP contribution in [0.25, 0.3) is 0 Å². The summed E-state index contributed by atoms with van der Waals surface area (Å²) in [6.07, 6.45) is 6.40. The molecule has 12 heavy (non-hydrogen) atoms. The Morgan fingerprint density at radius 2 is 2.08 bits per heavy atom. The molecule has 1 saturated carbocycles. The SMILES string of the molecule is CC1CC(=O)OC2(CCCC2)C1. The van der Waals surface area contributed by atoms with Crippen molar-refractivity contribution in [3.63, 3.8) is 0 Å². The van der Waals surface area contributed by atoms with Crippen LogP contribution in [0.3, 0.4) is 0 Å². The van der Waals surface area contributed by atoms with Crippen LogP contribution in [0.2, 0.25) is 0 Å². The smallest absolute Gasteiger partial charge is 0.306 e. The summed E-state index contributed by atoms with van der Waals surface area (Å²) in [6.45, 7) is 2.15. The number of carbonyl (C=O) groups excluding carboxylic acids is 1. The van der Waals surface area contributed by atoms with Gasteiger partial charge < -0.3 is 4.74 Å². The molecule has 2 aliphatic rings. The van der Waals surface area contributed by atoms with Gasteiger partial charge in [-0.2, -0.15) is 0 Å². The van der Waals surface area contributed by atoms with E-state index in [9.17, 15) is 4.79 Å². The number of esters is 1. The maximum atomic E-state index is 11.2. The van der Waals surface area contributed by atoms with Gasteiger partial charge >= 0.3 is 5.97 Å². The molecule has 2 fully saturated rings. The minimum Gasteiger partial charge on any atom is -0.459 e. The van der Waals surface area contributed by atoms with Crippen molar-refractivity contribution >= 4 is 5.97 Å². The molecule has 1 spiro atoms. The summed E-state index contributed by atoms with van der Waals surface area (Å²) in [5, 5.41) is 0. The fourth-order valence-corrected chi connectivity index (χ4v) is 2.64. The Labute approximate surface area is 73.3 Å². The Morgan fingerprint density at radius 3 is 2.67 bits per heavy atom. The maximum Gasteiger partial charge on any atom is 0.306 e. The van der Waals surface area contributed by atoms with Crippen LogP contribution in [0.1, 0.15) is 45.4 Å². The lowest BCUT2D eigenvalue weighted by Crippen LogP contribution is -2.39. The Kier molecular flexibility index (Phi) is 1.85. The van der Waals surface area contributed by atoms with Gasteiger partial charge in [0.25, 0.3) is 0 Å². The van der Waals surface area contributed by atoms with Gasteiger partial charge in [0.1, 0.15) is 5.60 Å². The molecule has 2 heteroatoms. The lowest BCUT2D eigenvalue weighted by Gasteiger charge is -2.36. The Morgan fingerprint density at radius 1 is 1.42 bits per heavy atom. The third-order valence-electron chi connectivity index (χ3n) is 3.08. The topological polar surface area (TPSA) is 26.3 Å². The van der Waals surface area contributed by atoms with Crippen LogP contribution in [0.15, 0.2) is 0 Å². The highest BCUT2D eigenvalue weighted by molar-refractivity contribution is 5.71. The van der Waals surface area contributed by atoms with Crippen LogP contribution < -0.4 is 0 Å². The summed E-state index contributed by atoms with van der Waals surface area (Å²) in [4.78, 5) is 11.2. The van der Waals surface area contributed by atoms with Crippen molar-refractivity contribution in [3.05, 3.63) is 0 Å². The molecule has 0 aromatic carbocycles. The van der Waals surface area contributed by atoms with Gasteiger partial charge in [-0.25, -0.2) is 0 Å². The normalized spacial score (nSPS) is 33.8. The lowest BCUT2D eigenvalue weighted by molar-refractivity contribution is -0.170. The van der Waals surface area contributed by atoms with Gasteiger partial charge in [-0.3, -0.25) is 4.79 Å². The largest absolute Gasteiger partial charge is 0.459 e. The van der Waals surface area contributed by atoms with E-state index in [-0.39, 0.29) is 11.6 Å². The van der Waals surface area contributed by atoms with Crippen molar-refractivity contribution in [2.24, 2.45) is 5.92 Å². The van der Waals surface area contributed by atoms with E-state index in [0.29, 0.717) is 12.3 Å². The molecule has 1 aliphatic heterocycles. The maximum absolute atomic E-state index is 11.2. The van der Waals surface area contributed by atoms with E-state index in [0.717, 1.165) is 19.3 Å². The third kappa shape index (κ3) is 1.35. The van der Waals surface area contributed by atoms with Gasteiger partial charge in [0.15, 0.2) is 0 Å². The fourth-order valence-electron chi connectivity index (χ4n) is 2.64. The zero-order chi connectivity index (χ0) is 8.60. The number of hydrogen-bond donors (Lipinski definition) is 0. The van der Waals surface area contributed by atoms with E-state index in [4.69, 9.17) is 4.74 Å². The van der Waals surface area contributed by atoms with E-state index in [1.807, 2.05) is 0 Å². The van der Waals surface area contributed by atoms with Crippen molar-refractivity contribution in [3.8, 4) is 0 Å². The van der Waals surface area contributed by atoms with Crippen LogP contribution in [0, 0.1) is 5.92 Å². The Balaban J connectivity index is 2.09. The molecule has 1 heterocycles. The van der Waals surface area contributed by atoms with E-state index >= 15 is 0 Å². The van der Waals surface area contributed by atoms with Crippen molar-refractivity contribution < 1.29 is 9.53 Å². The summed E-state index contributed by atoms with van der Waals surface area (Å²) in [7, 11) is 0. The van der Waals surface area contributed by atoms with Gasteiger partial charge in [0.2, 0.25) is 0 Å². The molecule has 1 atom stereocenters. The first-order valence-electron chi connectivity index (χ1n) is 4.92. The molecule has 1 aliphatic carbocycles. The molecule has 0 aromatic heterocycles. The summed E-state index contributed by atoms with van der Waals surface area (Å²) < 4.78 is 5.47. The molecule has 1 unspecified atom stereocenters. The first-order valence-corrected chi connectivity index (χ1v) is 4.92. The Hall–Kier alpha value is -0.530. The molecule has 2 rings (SSSR count). The van der Waals surface area contributed by atoms with Crippen LogP contribution in [-0.4, -0.2) is 11.6 Å². The zero-order valence-electron chi connectivity index (χ0n) is 7.64. The van der Waals surface area contributed by atoms with Crippen LogP contribution in [0.4, 0.5) is 0 Å². The lowest BCUT2D eigenvalue weighted by atomic mass is 9.85. The summed E-state index contributed by atoms with van der Waals surface area (Å²) in [6, 6.07) is 0. The first-order chi connectivity index (χ1) is 5.70. The zero-order valence-corrected chi connectivity index (χ0v) is 7.64. The van der Waals surface area contributed by atoms with Crippen molar-refractivity contribution in [1.82, 2.24) is 0 Å². The minimum atomic E-state index is -0.0330. The quantitative estimate of drug-likeness (QED) is 0.519. The molecular formula is C10H16O2. The van der Waals surface area contributed by atoms with Gasteiger partial charge in [0, 0.05) is 6.42 Å². The third-order valence-corrected chi connectivity index (χ3v) is 3.08. The van der Waals surface area contributed by atoms with Crippen molar-refractivity contribution in [2.45, 2.75) is 51.0 Å². The second kappa shape index (κ2) is 2.75. The average Bonchev–Trinajstić information content (AvgIpc) is 2.33. The standard InChI is InChI=1S/C10H16O2/c1-8-6-9(11)12-10(7-8)4-2-3-5-10/h8H,2-7H2,1H3. The molecule has 0 radical (unpaired) electrons. The first kappa shape index (κ1) is 8.09. The molecule has 68 valence electrons. The summed E-state index contributed by atoms with van der Waals surface area (Å²) in [5.74, 6) is 0.556. The van der Waals surface area contributed by atoms with Gasteiger partial charge in [-0.05, 0) is 38.0 Å². The fraction of sp³-hybridized carbons (Fsp3) is 0.900. The van der Waals surface area contributed by atoms with Gasteiger partial charge in [-0.15, -0.1) is 0 Å². The average molecular weight is 168 g/mol. The second-order valence-electron chi connectivity index (χ2n) is 4.38. The highest BCUT2D eigenvalue weighted by Gasteiger charge is 2.42. The molecule has 0 N–H and O–H groups in total. The number of rotatable bonds is 0. The molecule has 0 amide bonds. The number of carbonyl (C=O) groups is 1. The van der Waals surface area contributed by atoms with E-state index in [1.54, 1.807) is 0 Å². The molecule has 0 aromatic rings. The highest BCUT2D eigenvalue weighted by atomic mass is 16.6. The van der Waals surface area contributed by atoms with Crippen molar-refractivity contribution in [2.75, 3.05) is 0 Å². The molecule has 1 saturated heterocycles. The highest BCUT2D eigenvalue weighted by Crippen LogP contribution is 2.42. The number of hydrogen-bond acceptors (Lipinski definition) is 2. The minimum absolute atomic E-state index is 0.0238. The Bertz CT molecular complexity index is 192. The predicted molar refractivity (Wildman–Crippen MR) is 45.7 cm³/mol. The van der Waals surface area contributed by atoms with Crippen LogP contribution in [-0.2, 0) is 9.53 Å². The predicted octanol–water partition coefficient (Wildman–Crippen LogP) is 2.27. The monoisotopic (exact) mass is 168 g/mol. The van der Waals surface area contributed by atoms with E-state index in [2.05, 4.69) is 6.92 Å². The number of ether oxygens (including phenoxy) is 1. The second-order valence-corrected chi connectivity index (χ2v) is 4.38. The van der Waals surface area contributed by atoms with Crippen LogP contribution >= 0.6 is 0 Å². The summed E-state index contributed by atoms with van der Waals surface area (Å²) in [5.41, 5.74) is -0.0330. The van der Waals surface area contributed by atoms with E-state index < -0.39 is 0 Å². The van der Waals surface area contributed by atoms with Crippen LogP contribution in [0.5, 0.6) is 0 Å². The van der Waals surface area contributed by atoms with Gasteiger partial charge in [0.05, 0.1) is 0 Å². The van der Waals surface area contributed by atoms with E-state index in [1.165, 1.54) is 12.8 Å². The summed E-state index contributed by atoms with van der Waals surface area (Å²) >= 11 is 0. The van der Waals surface area contributed by atoms with Crippen molar-refractivity contribution in [1.29, 1.82) is 0 Å².